The van der Waals surface area contributed by atoms with Crippen LogP contribution < -0.4 is 0 Å². The Labute approximate surface area is 97.3 Å². The molecule has 0 unspecified atom stereocenters. The van der Waals surface area contributed by atoms with Gasteiger partial charge in [0.2, 0.25) is 5.91 Å². The largest absolute Gasteiger partial charge is 0.337 e. The van der Waals surface area contributed by atoms with Gasteiger partial charge in [-0.1, -0.05) is 20.8 Å². The van der Waals surface area contributed by atoms with Gasteiger partial charge in [0.1, 0.15) is 5.82 Å². The third-order valence-corrected chi connectivity index (χ3v) is 2.56. The van der Waals surface area contributed by atoms with Crippen LogP contribution in [0.1, 0.15) is 33.5 Å². The van der Waals surface area contributed by atoms with E-state index >= 15 is 0 Å². The molecule has 0 bridgehead atoms. The van der Waals surface area contributed by atoms with Gasteiger partial charge in [0, 0.05) is 31.4 Å². The summed E-state index contributed by atoms with van der Waals surface area (Å²) in [7, 11) is 1.94. The number of carbonyl (C=O) groups is 1. The molecule has 16 heavy (non-hydrogen) atoms. The Morgan fingerprint density at radius 2 is 2.12 bits per heavy atom. The van der Waals surface area contributed by atoms with Gasteiger partial charge in [0.05, 0.1) is 6.54 Å². The lowest BCUT2D eigenvalue weighted by Crippen LogP contribution is -2.39. The summed E-state index contributed by atoms with van der Waals surface area (Å²) in [6.07, 6.45) is 3.65. The van der Waals surface area contributed by atoms with E-state index in [2.05, 4.69) is 4.98 Å². The number of aryl methyl sites for hydroxylation is 1. The van der Waals surface area contributed by atoms with E-state index in [9.17, 15) is 4.79 Å². The monoisotopic (exact) mass is 223 g/mol. The normalized spacial score (nSPS) is 11.6. The fourth-order valence-corrected chi connectivity index (χ4v) is 1.52. The van der Waals surface area contributed by atoms with Gasteiger partial charge in [-0.2, -0.15) is 0 Å². The zero-order valence-electron chi connectivity index (χ0n) is 10.8. The van der Waals surface area contributed by atoms with E-state index in [1.807, 2.05) is 50.4 Å². The van der Waals surface area contributed by atoms with Crippen LogP contribution in [0.2, 0.25) is 0 Å². The van der Waals surface area contributed by atoms with Crippen molar-refractivity contribution in [2.75, 3.05) is 6.54 Å². The molecule has 0 saturated carbocycles. The molecule has 1 heterocycles. The lowest BCUT2D eigenvalue weighted by Gasteiger charge is -2.28. The molecule has 1 aromatic rings. The van der Waals surface area contributed by atoms with Crippen LogP contribution in [-0.4, -0.2) is 26.9 Å². The van der Waals surface area contributed by atoms with Gasteiger partial charge in [-0.05, 0) is 6.92 Å². The molecule has 0 aliphatic rings. The lowest BCUT2D eigenvalue weighted by molar-refractivity contribution is -0.140. The Morgan fingerprint density at radius 1 is 1.50 bits per heavy atom. The summed E-state index contributed by atoms with van der Waals surface area (Å²) in [6.45, 7) is 9.11. The number of carbonyl (C=O) groups excluding carboxylic acids is 1. The van der Waals surface area contributed by atoms with Crippen molar-refractivity contribution in [1.29, 1.82) is 0 Å². The van der Waals surface area contributed by atoms with Crippen molar-refractivity contribution in [1.82, 2.24) is 14.5 Å². The molecule has 0 atom stereocenters. The quantitative estimate of drug-likeness (QED) is 0.784. The van der Waals surface area contributed by atoms with Crippen molar-refractivity contribution in [3.8, 4) is 0 Å². The van der Waals surface area contributed by atoms with Gasteiger partial charge in [-0.3, -0.25) is 4.79 Å². The molecule has 1 aromatic heterocycles. The van der Waals surface area contributed by atoms with E-state index in [4.69, 9.17) is 0 Å². The zero-order chi connectivity index (χ0) is 12.3. The number of amides is 1. The third kappa shape index (κ3) is 2.84. The van der Waals surface area contributed by atoms with Crippen LogP contribution >= 0.6 is 0 Å². The summed E-state index contributed by atoms with van der Waals surface area (Å²) >= 11 is 0. The molecule has 1 rings (SSSR count). The molecule has 0 aliphatic heterocycles. The number of aromatic nitrogens is 2. The third-order valence-electron chi connectivity index (χ3n) is 2.56. The van der Waals surface area contributed by atoms with E-state index in [0.717, 1.165) is 5.82 Å². The molecule has 0 radical (unpaired) electrons. The zero-order valence-corrected chi connectivity index (χ0v) is 10.8. The van der Waals surface area contributed by atoms with Crippen LogP contribution in [0, 0.1) is 5.41 Å². The second-order valence-corrected chi connectivity index (χ2v) is 5.02. The standard InChI is InChI=1S/C12H21N3O/c1-6-15(11(16)12(2,3)4)9-10-13-7-8-14(10)5/h7-8H,6,9H2,1-5H3. The van der Waals surface area contributed by atoms with Crippen LogP contribution in [0.3, 0.4) is 0 Å². The van der Waals surface area contributed by atoms with Crippen molar-refractivity contribution in [2.45, 2.75) is 34.2 Å². The van der Waals surface area contributed by atoms with Gasteiger partial charge >= 0.3 is 0 Å². The molecular formula is C12H21N3O. The first-order valence-corrected chi connectivity index (χ1v) is 5.62. The molecule has 4 nitrogen and oxygen atoms in total. The average molecular weight is 223 g/mol. The molecule has 0 fully saturated rings. The molecular weight excluding hydrogens is 202 g/mol. The summed E-state index contributed by atoms with van der Waals surface area (Å²) in [4.78, 5) is 18.2. The predicted octanol–water partition coefficient (Wildman–Crippen LogP) is 1.81. The van der Waals surface area contributed by atoms with Crippen molar-refractivity contribution >= 4 is 5.91 Å². The Balaban J connectivity index is 2.78. The number of hydrogen-bond donors (Lipinski definition) is 0. The van der Waals surface area contributed by atoms with E-state index in [0.29, 0.717) is 13.1 Å². The first-order chi connectivity index (χ1) is 7.36. The maximum absolute atomic E-state index is 12.1. The predicted molar refractivity (Wildman–Crippen MR) is 63.8 cm³/mol. The van der Waals surface area contributed by atoms with E-state index in [1.54, 1.807) is 6.20 Å². The van der Waals surface area contributed by atoms with Crippen molar-refractivity contribution in [3.63, 3.8) is 0 Å². The van der Waals surface area contributed by atoms with E-state index in [-0.39, 0.29) is 11.3 Å². The second kappa shape index (κ2) is 4.68. The van der Waals surface area contributed by atoms with E-state index < -0.39 is 0 Å². The highest BCUT2D eigenvalue weighted by Gasteiger charge is 2.26. The van der Waals surface area contributed by atoms with Crippen LogP contribution in [0.5, 0.6) is 0 Å². The first-order valence-electron chi connectivity index (χ1n) is 5.62. The highest BCUT2D eigenvalue weighted by atomic mass is 16.2. The summed E-state index contributed by atoms with van der Waals surface area (Å²) < 4.78 is 1.94. The lowest BCUT2D eigenvalue weighted by atomic mass is 9.94. The molecule has 0 N–H and O–H groups in total. The Kier molecular flexibility index (Phi) is 3.73. The van der Waals surface area contributed by atoms with Gasteiger partial charge in [0.25, 0.3) is 0 Å². The van der Waals surface area contributed by atoms with Gasteiger partial charge in [-0.25, -0.2) is 4.98 Å². The average Bonchev–Trinajstić information content (AvgIpc) is 2.58. The Bertz CT molecular complexity index is 363. The number of imidazole rings is 1. The fourth-order valence-electron chi connectivity index (χ4n) is 1.52. The minimum absolute atomic E-state index is 0.165. The SMILES string of the molecule is CCN(Cc1nccn1C)C(=O)C(C)(C)C. The fraction of sp³-hybridized carbons (Fsp3) is 0.667. The highest BCUT2D eigenvalue weighted by molar-refractivity contribution is 5.81. The summed E-state index contributed by atoms with van der Waals surface area (Å²) in [5.41, 5.74) is -0.332. The maximum atomic E-state index is 12.1. The molecule has 0 aromatic carbocycles. The minimum atomic E-state index is -0.332. The topological polar surface area (TPSA) is 38.1 Å². The number of hydrogen-bond acceptors (Lipinski definition) is 2. The Hall–Kier alpha value is -1.32. The molecule has 1 amide bonds. The molecule has 0 spiro atoms. The van der Waals surface area contributed by atoms with Crippen LogP contribution in [0.4, 0.5) is 0 Å². The smallest absolute Gasteiger partial charge is 0.228 e. The van der Waals surface area contributed by atoms with Crippen LogP contribution in [0.25, 0.3) is 0 Å². The van der Waals surface area contributed by atoms with Gasteiger partial charge < -0.3 is 9.47 Å². The molecule has 0 saturated heterocycles. The summed E-state index contributed by atoms with van der Waals surface area (Å²) in [5, 5.41) is 0. The summed E-state index contributed by atoms with van der Waals surface area (Å²) in [6, 6.07) is 0. The van der Waals surface area contributed by atoms with Crippen LogP contribution in [0.15, 0.2) is 12.4 Å². The Morgan fingerprint density at radius 3 is 2.50 bits per heavy atom. The molecule has 4 heteroatoms. The minimum Gasteiger partial charge on any atom is -0.337 e. The van der Waals surface area contributed by atoms with Crippen molar-refractivity contribution in [3.05, 3.63) is 18.2 Å². The van der Waals surface area contributed by atoms with Gasteiger partial charge in [0.15, 0.2) is 0 Å². The number of rotatable bonds is 3. The first kappa shape index (κ1) is 12.7. The maximum Gasteiger partial charge on any atom is 0.228 e. The highest BCUT2D eigenvalue weighted by Crippen LogP contribution is 2.18. The van der Waals surface area contributed by atoms with E-state index in [1.165, 1.54) is 0 Å². The van der Waals surface area contributed by atoms with Crippen LogP contribution in [-0.2, 0) is 18.4 Å². The van der Waals surface area contributed by atoms with Gasteiger partial charge in [-0.15, -0.1) is 0 Å². The number of nitrogens with zero attached hydrogens (tertiary/aromatic N) is 3. The summed E-state index contributed by atoms with van der Waals surface area (Å²) in [5.74, 6) is 1.08. The van der Waals surface area contributed by atoms with Crippen molar-refractivity contribution in [2.24, 2.45) is 12.5 Å². The van der Waals surface area contributed by atoms with Crippen molar-refractivity contribution < 1.29 is 4.79 Å². The second-order valence-electron chi connectivity index (χ2n) is 5.02. The molecule has 0 aliphatic carbocycles. The molecule has 90 valence electrons.